The summed E-state index contributed by atoms with van der Waals surface area (Å²) in [7, 11) is 0. The van der Waals surface area contributed by atoms with E-state index in [2.05, 4.69) is 136 Å². The summed E-state index contributed by atoms with van der Waals surface area (Å²) in [6.45, 7) is 0. The minimum absolute atomic E-state index is 0.651. The topological polar surface area (TPSA) is 47.5 Å². The molecule has 0 N–H and O–H groups in total. The zero-order chi connectivity index (χ0) is 33.9. The number of rotatable bonds is 3. The van der Waals surface area contributed by atoms with Gasteiger partial charge in [-0.1, -0.05) is 133 Å². The average Bonchev–Trinajstić information content (AvgIpc) is 3.74. The van der Waals surface area contributed by atoms with E-state index in [9.17, 15) is 0 Å². The van der Waals surface area contributed by atoms with E-state index in [1.807, 2.05) is 36.4 Å². The molecule has 0 fully saturated rings. The summed E-state index contributed by atoms with van der Waals surface area (Å²) in [5.74, 6) is 1.95. The van der Waals surface area contributed by atoms with Gasteiger partial charge in [0, 0.05) is 49.0 Å². The van der Waals surface area contributed by atoms with Crippen molar-refractivity contribution in [1.29, 1.82) is 0 Å². The number of para-hydroxylation sites is 3. The Kier molecular flexibility index (Phi) is 5.44. The van der Waals surface area contributed by atoms with E-state index < -0.39 is 0 Å². The van der Waals surface area contributed by atoms with E-state index in [0.717, 1.165) is 43.9 Å². The van der Waals surface area contributed by atoms with Crippen molar-refractivity contribution in [3.63, 3.8) is 0 Å². The second kappa shape index (κ2) is 10.2. The highest BCUT2D eigenvalue weighted by atomic mass is 15.0. The summed E-state index contributed by atoms with van der Waals surface area (Å²) in [6.07, 6.45) is 0. The van der Waals surface area contributed by atoms with Crippen LogP contribution in [-0.4, -0.2) is 23.8 Å². The molecule has 0 bridgehead atoms. The molecule has 4 aromatic heterocycles. The van der Waals surface area contributed by atoms with E-state index in [1.54, 1.807) is 0 Å². The van der Waals surface area contributed by atoms with Crippen LogP contribution in [0, 0.1) is 0 Å². The lowest BCUT2D eigenvalue weighted by Gasteiger charge is -2.16. The van der Waals surface area contributed by atoms with Gasteiger partial charge in [-0.3, -0.25) is 0 Å². The molecule has 8 aromatic carbocycles. The van der Waals surface area contributed by atoms with Crippen LogP contribution in [0.15, 0.2) is 164 Å². The summed E-state index contributed by atoms with van der Waals surface area (Å²) in [5, 5.41) is 9.59. The molecule has 0 aliphatic heterocycles. The molecule has 0 unspecified atom stereocenters. The van der Waals surface area contributed by atoms with Crippen molar-refractivity contribution in [2.45, 2.75) is 0 Å². The van der Waals surface area contributed by atoms with E-state index >= 15 is 0 Å². The summed E-state index contributed by atoms with van der Waals surface area (Å²) >= 11 is 0. The fourth-order valence-electron chi connectivity index (χ4n) is 8.70. The minimum Gasteiger partial charge on any atom is -0.307 e. The number of benzene rings is 8. The molecular formula is C47H27N5. The zero-order valence-corrected chi connectivity index (χ0v) is 27.8. The Bertz CT molecular complexity index is 3340. The predicted molar refractivity (Wildman–Crippen MR) is 214 cm³/mol. The van der Waals surface area contributed by atoms with Gasteiger partial charge in [0.1, 0.15) is 0 Å². The number of fused-ring (bicyclic) bond motifs is 8. The summed E-state index contributed by atoms with van der Waals surface area (Å²) < 4.78 is 4.99. The van der Waals surface area contributed by atoms with Gasteiger partial charge in [0.15, 0.2) is 17.5 Å². The molecule has 0 amide bonds. The smallest absolute Gasteiger partial charge is 0.164 e. The zero-order valence-electron chi connectivity index (χ0n) is 27.8. The van der Waals surface area contributed by atoms with Gasteiger partial charge in [0.2, 0.25) is 0 Å². The third-order valence-electron chi connectivity index (χ3n) is 10.8. The molecule has 5 nitrogen and oxygen atoms in total. The first-order valence-corrected chi connectivity index (χ1v) is 17.6. The maximum atomic E-state index is 5.26. The molecule has 0 spiro atoms. The van der Waals surface area contributed by atoms with Gasteiger partial charge in [0.25, 0.3) is 0 Å². The Balaban J connectivity index is 1.36. The van der Waals surface area contributed by atoms with Gasteiger partial charge in [0.05, 0.1) is 33.1 Å². The van der Waals surface area contributed by atoms with E-state index in [4.69, 9.17) is 15.0 Å². The molecule has 0 atom stereocenters. The Labute approximate surface area is 297 Å². The molecule has 12 rings (SSSR count). The largest absolute Gasteiger partial charge is 0.307 e. The monoisotopic (exact) mass is 661 g/mol. The van der Waals surface area contributed by atoms with Crippen LogP contribution in [0.3, 0.4) is 0 Å². The van der Waals surface area contributed by atoms with E-state index in [-0.39, 0.29) is 0 Å². The fraction of sp³-hybridized carbons (Fsp3) is 0. The maximum absolute atomic E-state index is 5.26. The first-order chi connectivity index (χ1) is 25.8. The summed E-state index contributed by atoms with van der Waals surface area (Å²) in [5.41, 5.74) is 9.94. The normalized spacial score (nSPS) is 12.2. The highest BCUT2D eigenvalue weighted by molar-refractivity contribution is 6.32. The lowest BCUT2D eigenvalue weighted by atomic mass is 9.94. The Morgan fingerprint density at radius 3 is 1.62 bits per heavy atom. The third-order valence-corrected chi connectivity index (χ3v) is 10.8. The molecule has 0 aliphatic rings. The first-order valence-electron chi connectivity index (χ1n) is 17.6. The number of hydrogen-bond donors (Lipinski definition) is 0. The number of hydrogen-bond acceptors (Lipinski definition) is 3. The summed E-state index contributed by atoms with van der Waals surface area (Å²) in [6, 6.07) is 58.3. The Morgan fingerprint density at radius 2 is 0.865 bits per heavy atom. The predicted octanol–water partition coefficient (Wildman–Crippen LogP) is 11.7. The van der Waals surface area contributed by atoms with E-state index in [0.29, 0.717) is 17.5 Å². The average molecular weight is 662 g/mol. The second-order valence-electron chi connectivity index (χ2n) is 13.6. The molecule has 240 valence electrons. The van der Waals surface area contributed by atoms with Crippen LogP contribution in [0.2, 0.25) is 0 Å². The first kappa shape index (κ1) is 27.7. The number of nitrogens with zero attached hydrogens (tertiary/aromatic N) is 5. The molecule has 12 aromatic rings. The maximum Gasteiger partial charge on any atom is 0.164 e. The van der Waals surface area contributed by atoms with Crippen LogP contribution in [0.25, 0.3) is 110 Å². The second-order valence-corrected chi connectivity index (χ2v) is 13.6. The number of aromatic nitrogens is 5. The van der Waals surface area contributed by atoms with Gasteiger partial charge in [-0.15, -0.1) is 0 Å². The molecule has 0 radical (unpaired) electrons. The summed E-state index contributed by atoms with van der Waals surface area (Å²) in [4.78, 5) is 15.5. The molecule has 0 saturated heterocycles. The van der Waals surface area contributed by atoms with Crippen molar-refractivity contribution in [2.75, 3.05) is 0 Å². The standard InChI is InChI=1S/C47H27N5/c1-3-13-29(14-4-1)45-48-46(30-15-5-2-6-16-30)50-47(49-45)35-27-31-26-25-28-17-11-23-38-40(28)41(31)44-42(35)34-19-8-10-22-37(34)52(44)39-24-12-20-33-32-18-7-9-21-36(32)51(38)43(33)39/h1-27H. The van der Waals surface area contributed by atoms with Crippen molar-refractivity contribution in [2.24, 2.45) is 0 Å². The van der Waals surface area contributed by atoms with Gasteiger partial charge < -0.3 is 8.80 Å². The van der Waals surface area contributed by atoms with Crippen molar-refractivity contribution < 1.29 is 0 Å². The molecule has 52 heavy (non-hydrogen) atoms. The van der Waals surface area contributed by atoms with Crippen LogP contribution in [-0.2, 0) is 0 Å². The van der Waals surface area contributed by atoms with Crippen LogP contribution >= 0.6 is 0 Å². The van der Waals surface area contributed by atoms with Crippen LogP contribution in [0.4, 0.5) is 0 Å². The van der Waals surface area contributed by atoms with Crippen molar-refractivity contribution in [3.8, 4) is 34.2 Å². The van der Waals surface area contributed by atoms with Gasteiger partial charge in [-0.05, 0) is 41.1 Å². The Hall–Kier alpha value is -7.11. The molecular weight excluding hydrogens is 635 g/mol. The van der Waals surface area contributed by atoms with E-state index in [1.165, 1.54) is 49.0 Å². The highest BCUT2D eigenvalue weighted by Gasteiger charge is 2.25. The van der Waals surface area contributed by atoms with Crippen LogP contribution in [0.1, 0.15) is 0 Å². The lowest BCUT2D eigenvalue weighted by Crippen LogP contribution is -2.01. The van der Waals surface area contributed by atoms with Gasteiger partial charge in [-0.25, -0.2) is 15.0 Å². The molecule has 4 heterocycles. The minimum atomic E-state index is 0.651. The molecule has 0 saturated carbocycles. The fourth-order valence-corrected chi connectivity index (χ4v) is 8.70. The van der Waals surface area contributed by atoms with Gasteiger partial charge in [-0.2, -0.15) is 0 Å². The third kappa shape index (κ3) is 3.64. The SMILES string of the molecule is c1ccc(-c2nc(-c3ccccc3)nc(-c3cc4ccc5cccc6c5c4c4c3c3ccccc3n4c3cccc4c5ccccc5n6c43)n2)cc1. The van der Waals surface area contributed by atoms with Crippen molar-refractivity contribution in [3.05, 3.63) is 164 Å². The molecule has 0 aliphatic carbocycles. The quantitative estimate of drug-likeness (QED) is 0.177. The van der Waals surface area contributed by atoms with Crippen molar-refractivity contribution in [1.82, 2.24) is 23.8 Å². The van der Waals surface area contributed by atoms with Crippen LogP contribution < -0.4 is 0 Å². The lowest BCUT2D eigenvalue weighted by molar-refractivity contribution is 1.08. The van der Waals surface area contributed by atoms with Crippen LogP contribution in [0.5, 0.6) is 0 Å². The van der Waals surface area contributed by atoms with Crippen molar-refractivity contribution >= 4 is 76.2 Å². The molecule has 5 heteroatoms. The highest BCUT2D eigenvalue weighted by Crippen LogP contribution is 2.46. The van der Waals surface area contributed by atoms with Gasteiger partial charge >= 0.3 is 0 Å². The Morgan fingerprint density at radius 1 is 0.327 bits per heavy atom.